The van der Waals surface area contributed by atoms with Crippen LogP contribution in [0.5, 0.6) is 11.5 Å². The Kier molecular flexibility index (Phi) is 22.9. The smallest absolute Gasteiger partial charge is 0.331 e. The van der Waals surface area contributed by atoms with E-state index < -0.39 is 12.1 Å². The van der Waals surface area contributed by atoms with Crippen molar-refractivity contribution in [2.75, 3.05) is 39.6 Å². The van der Waals surface area contributed by atoms with Crippen molar-refractivity contribution in [1.29, 1.82) is 0 Å². The summed E-state index contributed by atoms with van der Waals surface area (Å²) in [6.07, 6.45) is 26.7. The van der Waals surface area contributed by atoms with Gasteiger partial charge in [0.25, 0.3) is 0 Å². The minimum atomic E-state index is -0.449. The van der Waals surface area contributed by atoms with Crippen LogP contribution < -0.4 is 9.47 Å². The van der Waals surface area contributed by atoms with Gasteiger partial charge >= 0.3 is 17.9 Å². The number of benzene rings is 2. The average Bonchev–Trinajstić information content (AvgIpc) is 3.86. The third-order valence-electron chi connectivity index (χ3n) is 10.5. The van der Waals surface area contributed by atoms with Crippen molar-refractivity contribution >= 4 is 30.1 Å². The van der Waals surface area contributed by atoms with Gasteiger partial charge in [-0.05, 0) is 67.2 Å². The molecule has 4 rings (SSSR count). The van der Waals surface area contributed by atoms with Gasteiger partial charge in [-0.3, -0.25) is 0 Å². The minimum absolute atomic E-state index is 0.0716. The highest BCUT2D eigenvalue weighted by Gasteiger charge is 2.48. The maximum Gasteiger partial charge on any atom is 0.331 e. The first kappa shape index (κ1) is 47.0. The van der Waals surface area contributed by atoms with Crippen molar-refractivity contribution in [3.63, 3.8) is 0 Å². The number of hydrogen-bond donors (Lipinski definition) is 0. The molecule has 0 aromatic heterocycles. The lowest BCUT2D eigenvalue weighted by molar-refractivity contribution is -0.147. The molecule has 59 heavy (non-hydrogen) atoms. The fourth-order valence-corrected chi connectivity index (χ4v) is 7.07. The summed E-state index contributed by atoms with van der Waals surface area (Å²) in [5.41, 5.74) is 1.96. The fraction of sp³-hybridized carbons (Fsp3) is 0.531. The molecule has 2 aliphatic heterocycles. The van der Waals surface area contributed by atoms with Crippen LogP contribution in [0.4, 0.5) is 0 Å². The van der Waals surface area contributed by atoms with Crippen LogP contribution >= 0.6 is 0 Å². The maximum absolute atomic E-state index is 12.7. The van der Waals surface area contributed by atoms with Gasteiger partial charge < -0.3 is 33.2 Å². The molecule has 10 heteroatoms. The lowest BCUT2D eigenvalue weighted by atomic mass is 9.99. The van der Waals surface area contributed by atoms with E-state index >= 15 is 0 Å². The van der Waals surface area contributed by atoms with E-state index in [1.807, 2.05) is 36.4 Å². The summed E-state index contributed by atoms with van der Waals surface area (Å²) in [5.74, 6) is 0.632. The second kappa shape index (κ2) is 28.7. The predicted octanol–water partition coefficient (Wildman–Crippen LogP) is 10.2. The Hall–Kier alpha value is -4.67. The average molecular weight is 815 g/mol. The van der Waals surface area contributed by atoms with Crippen LogP contribution in [0.1, 0.15) is 114 Å². The molecule has 2 heterocycles. The highest BCUT2D eigenvalue weighted by Crippen LogP contribution is 2.34. The molecule has 2 saturated heterocycles. The molecule has 2 aliphatic rings. The molecule has 10 nitrogen and oxygen atoms in total. The van der Waals surface area contributed by atoms with Crippen molar-refractivity contribution in [2.45, 2.75) is 121 Å². The zero-order chi connectivity index (χ0) is 41.8. The minimum Gasteiger partial charge on any atom is -0.494 e. The van der Waals surface area contributed by atoms with E-state index in [4.69, 9.17) is 33.2 Å². The summed E-state index contributed by atoms with van der Waals surface area (Å²) in [6.45, 7) is 9.95. The van der Waals surface area contributed by atoms with Gasteiger partial charge in [-0.25, -0.2) is 14.4 Å². The van der Waals surface area contributed by atoms with Gasteiger partial charge in [0.1, 0.15) is 17.6 Å². The Morgan fingerprint density at radius 1 is 0.525 bits per heavy atom. The van der Waals surface area contributed by atoms with Crippen LogP contribution in [0.15, 0.2) is 86.0 Å². The molecule has 4 atom stereocenters. The largest absolute Gasteiger partial charge is 0.494 e. The standard InChI is InChI=1S/C49H66O10/c1-3-45(50)55-35-19-15-11-7-5-9-13-17-33-53-42-28-22-39(23-29-42)21-27-41-37-57-49-44(38-58-48(41)49)59-47(52)32-26-40-24-30-43(31-25-40)54-34-18-14-10-6-8-12-16-20-36-56-46(51)4-2/h3-4,21-32,41,44,48-49H,1-2,5-20,33-38H2/b27-21?,32-26+/t41-,44+,48+,49+/m0/s1. The Labute approximate surface area is 352 Å². The van der Waals surface area contributed by atoms with Gasteiger partial charge in [-0.15, -0.1) is 0 Å². The van der Waals surface area contributed by atoms with Crippen molar-refractivity contribution in [3.05, 3.63) is 97.1 Å². The number of fused-ring (bicyclic) bond motifs is 1. The molecule has 0 amide bonds. The molecule has 0 saturated carbocycles. The topological polar surface area (TPSA) is 116 Å². The van der Waals surface area contributed by atoms with Gasteiger partial charge in [0, 0.05) is 24.1 Å². The first-order valence-corrected chi connectivity index (χ1v) is 21.8. The van der Waals surface area contributed by atoms with Crippen LogP contribution in [0.3, 0.4) is 0 Å². The Morgan fingerprint density at radius 3 is 1.42 bits per heavy atom. The van der Waals surface area contributed by atoms with E-state index in [1.54, 1.807) is 6.08 Å². The van der Waals surface area contributed by atoms with Gasteiger partial charge in [-0.2, -0.15) is 0 Å². The Bertz CT molecular complexity index is 1580. The zero-order valence-corrected chi connectivity index (χ0v) is 34.9. The van der Waals surface area contributed by atoms with E-state index in [2.05, 4.69) is 37.4 Å². The molecule has 0 unspecified atom stereocenters. The van der Waals surface area contributed by atoms with Crippen LogP contribution in [-0.2, 0) is 38.1 Å². The lowest BCUT2D eigenvalue weighted by Crippen LogP contribution is -2.32. The molecule has 0 N–H and O–H groups in total. The van der Waals surface area contributed by atoms with E-state index in [-0.39, 0.29) is 30.1 Å². The van der Waals surface area contributed by atoms with E-state index in [0.29, 0.717) is 39.6 Å². The third-order valence-corrected chi connectivity index (χ3v) is 10.5. The van der Waals surface area contributed by atoms with Crippen molar-refractivity contribution < 1.29 is 47.5 Å². The van der Waals surface area contributed by atoms with Crippen molar-refractivity contribution in [1.82, 2.24) is 0 Å². The van der Waals surface area contributed by atoms with E-state index in [0.717, 1.165) is 80.4 Å². The van der Waals surface area contributed by atoms with Crippen LogP contribution in [0, 0.1) is 5.92 Å². The second-order valence-corrected chi connectivity index (χ2v) is 15.2. The summed E-state index contributed by atoms with van der Waals surface area (Å²) in [4.78, 5) is 34.8. The molecular formula is C49H66O10. The fourth-order valence-electron chi connectivity index (χ4n) is 7.07. The van der Waals surface area contributed by atoms with Crippen molar-refractivity contribution in [3.8, 4) is 11.5 Å². The molecule has 2 fully saturated rings. The summed E-state index contributed by atoms with van der Waals surface area (Å²) in [6, 6.07) is 15.8. The van der Waals surface area contributed by atoms with Gasteiger partial charge in [0.2, 0.25) is 0 Å². The van der Waals surface area contributed by atoms with Crippen LogP contribution in [0.25, 0.3) is 12.2 Å². The summed E-state index contributed by atoms with van der Waals surface area (Å²) >= 11 is 0. The first-order valence-electron chi connectivity index (χ1n) is 21.8. The van der Waals surface area contributed by atoms with Crippen LogP contribution in [0.2, 0.25) is 0 Å². The Morgan fingerprint density at radius 2 is 0.949 bits per heavy atom. The molecular weight excluding hydrogens is 749 g/mol. The second-order valence-electron chi connectivity index (χ2n) is 15.2. The molecule has 322 valence electrons. The van der Waals surface area contributed by atoms with Gasteiger partial charge in [0.15, 0.2) is 6.10 Å². The number of esters is 3. The summed E-state index contributed by atoms with van der Waals surface area (Å²) in [5, 5.41) is 0. The molecule has 0 spiro atoms. The predicted molar refractivity (Wildman–Crippen MR) is 231 cm³/mol. The lowest BCUT2D eigenvalue weighted by Gasteiger charge is -2.15. The number of hydrogen-bond acceptors (Lipinski definition) is 10. The zero-order valence-electron chi connectivity index (χ0n) is 34.9. The highest BCUT2D eigenvalue weighted by atomic mass is 16.6. The van der Waals surface area contributed by atoms with E-state index in [1.165, 1.54) is 63.2 Å². The molecule has 2 aromatic rings. The van der Waals surface area contributed by atoms with Gasteiger partial charge in [-0.1, -0.05) is 127 Å². The summed E-state index contributed by atoms with van der Waals surface area (Å²) < 4.78 is 39.7. The van der Waals surface area contributed by atoms with E-state index in [9.17, 15) is 14.4 Å². The summed E-state index contributed by atoms with van der Waals surface area (Å²) in [7, 11) is 0. The monoisotopic (exact) mass is 814 g/mol. The van der Waals surface area contributed by atoms with Gasteiger partial charge in [0.05, 0.1) is 45.7 Å². The Balaban J connectivity index is 1.01. The number of carbonyl (C=O) groups excluding carboxylic acids is 3. The first-order chi connectivity index (χ1) is 28.9. The number of ether oxygens (including phenoxy) is 7. The molecule has 0 bridgehead atoms. The van der Waals surface area contributed by atoms with Crippen molar-refractivity contribution in [2.24, 2.45) is 5.92 Å². The third kappa shape index (κ3) is 19.3. The highest BCUT2D eigenvalue weighted by molar-refractivity contribution is 5.87. The normalized spacial score (nSPS) is 18.4. The number of unbranched alkanes of at least 4 members (excludes halogenated alkanes) is 14. The maximum atomic E-state index is 12.7. The van der Waals surface area contributed by atoms with Crippen LogP contribution in [-0.4, -0.2) is 75.9 Å². The molecule has 0 radical (unpaired) electrons. The molecule has 0 aliphatic carbocycles. The molecule has 2 aromatic carbocycles. The SMILES string of the molecule is C=CC(=O)OCCCCCCCCCCOc1ccc(C=C[C@H]2CO[C@H]3[C@@H]2OC[C@H]3OC(=O)/C=C/c2ccc(OCCCCCCCCCCOC(=O)C=C)cc2)cc1. The number of rotatable bonds is 31. The number of carbonyl (C=O) groups is 3. The quantitative estimate of drug-likeness (QED) is 0.0315.